The highest BCUT2D eigenvalue weighted by Gasteiger charge is 2.51. The van der Waals surface area contributed by atoms with Gasteiger partial charge in [-0.25, -0.2) is 4.98 Å². The number of aromatic nitrogens is 1. The first-order valence-corrected chi connectivity index (χ1v) is 10.8. The molecule has 28 heavy (non-hydrogen) atoms. The molecule has 3 fully saturated rings. The molecule has 2 saturated carbocycles. The Morgan fingerprint density at radius 2 is 1.93 bits per heavy atom. The summed E-state index contributed by atoms with van der Waals surface area (Å²) in [7, 11) is 0. The standard InChI is InChI=1S/C23H34N2O3/c1-15(2)28-20-16(3)19(7-10-24-20)17-5-8-23(9-6-17)13-25(14-23)21(26)18-11-22(4,27)12-18/h7,10,15,17-18,27H,5-6,8-9,11-14H2,1-4H3/t18-,22+. The quantitative estimate of drug-likeness (QED) is 0.854. The van der Waals surface area contributed by atoms with Crippen molar-refractivity contribution in [2.45, 2.75) is 83.8 Å². The third-order valence-corrected chi connectivity index (χ3v) is 7.12. The second kappa shape index (κ2) is 7.01. The van der Waals surface area contributed by atoms with Crippen molar-refractivity contribution in [3.63, 3.8) is 0 Å². The summed E-state index contributed by atoms with van der Waals surface area (Å²) in [6.07, 6.45) is 7.98. The molecular formula is C23H34N2O3. The SMILES string of the molecule is Cc1c(C2CCC3(CC2)CN(C(=O)[C@H]2C[C@@](C)(O)C2)C3)ccnc1OC(C)C. The van der Waals surface area contributed by atoms with E-state index >= 15 is 0 Å². The summed E-state index contributed by atoms with van der Waals surface area (Å²) in [5.74, 6) is 1.64. The largest absolute Gasteiger partial charge is 0.475 e. The molecule has 0 radical (unpaired) electrons. The number of pyridine rings is 1. The van der Waals surface area contributed by atoms with E-state index in [1.807, 2.05) is 31.9 Å². The number of hydrogen-bond acceptors (Lipinski definition) is 4. The zero-order chi connectivity index (χ0) is 20.1. The molecule has 1 saturated heterocycles. The van der Waals surface area contributed by atoms with E-state index in [0.717, 1.165) is 19.0 Å². The Morgan fingerprint density at radius 1 is 1.29 bits per heavy atom. The van der Waals surface area contributed by atoms with E-state index in [-0.39, 0.29) is 17.9 Å². The van der Waals surface area contributed by atoms with Crippen LogP contribution >= 0.6 is 0 Å². The number of carbonyl (C=O) groups is 1. The van der Waals surface area contributed by atoms with Crippen LogP contribution in [0.2, 0.25) is 0 Å². The highest BCUT2D eigenvalue weighted by molar-refractivity contribution is 5.81. The third kappa shape index (κ3) is 3.66. The lowest BCUT2D eigenvalue weighted by Gasteiger charge is -2.55. The van der Waals surface area contributed by atoms with Crippen LogP contribution in [0.4, 0.5) is 0 Å². The van der Waals surface area contributed by atoms with E-state index in [9.17, 15) is 9.90 Å². The van der Waals surface area contributed by atoms with Crippen LogP contribution in [0.1, 0.15) is 76.3 Å². The molecule has 5 nitrogen and oxygen atoms in total. The van der Waals surface area contributed by atoms with Crippen LogP contribution in [-0.4, -0.2) is 45.7 Å². The van der Waals surface area contributed by atoms with Crippen molar-refractivity contribution in [1.82, 2.24) is 9.88 Å². The average molecular weight is 387 g/mol. The maximum Gasteiger partial charge on any atom is 0.225 e. The van der Waals surface area contributed by atoms with Crippen molar-refractivity contribution in [2.24, 2.45) is 11.3 Å². The molecule has 0 unspecified atom stereocenters. The fourth-order valence-electron chi connectivity index (χ4n) is 5.53. The molecule has 1 amide bonds. The van der Waals surface area contributed by atoms with Crippen molar-refractivity contribution >= 4 is 5.91 Å². The van der Waals surface area contributed by atoms with Crippen LogP contribution in [0.25, 0.3) is 0 Å². The molecule has 0 bridgehead atoms. The Balaban J connectivity index is 1.32. The van der Waals surface area contributed by atoms with Crippen LogP contribution in [-0.2, 0) is 4.79 Å². The molecule has 2 aliphatic carbocycles. The van der Waals surface area contributed by atoms with E-state index in [4.69, 9.17) is 4.74 Å². The first-order chi connectivity index (χ1) is 13.2. The van der Waals surface area contributed by atoms with Crippen molar-refractivity contribution in [2.75, 3.05) is 13.1 Å². The molecule has 2 heterocycles. The molecule has 0 aromatic carbocycles. The number of aliphatic hydroxyl groups is 1. The summed E-state index contributed by atoms with van der Waals surface area (Å²) in [4.78, 5) is 19.0. The molecule has 3 aliphatic rings. The van der Waals surface area contributed by atoms with Gasteiger partial charge in [-0.15, -0.1) is 0 Å². The van der Waals surface area contributed by atoms with Crippen molar-refractivity contribution in [3.05, 3.63) is 23.4 Å². The Labute approximate surface area is 168 Å². The number of amides is 1. The minimum absolute atomic E-state index is 0.0440. The Kier molecular flexibility index (Phi) is 4.93. The first kappa shape index (κ1) is 19.7. The summed E-state index contributed by atoms with van der Waals surface area (Å²) < 4.78 is 5.87. The zero-order valence-corrected chi connectivity index (χ0v) is 17.7. The lowest BCUT2D eigenvalue weighted by molar-refractivity contribution is -0.163. The van der Waals surface area contributed by atoms with Gasteiger partial charge in [0.15, 0.2) is 0 Å². The lowest BCUT2D eigenvalue weighted by atomic mass is 9.63. The van der Waals surface area contributed by atoms with Crippen LogP contribution < -0.4 is 4.74 Å². The van der Waals surface area contributed by atoms with Crippen LogP contribution in [0, 0.1) is 18.3 Å². The van der Waals surface area contributed by atoms with E-state index in [1.54, 1.807) is 0 Å². The Morgan fingerprint density at radius 3 is 2.50 bits per heavy atom. The summed E-state index contributed by atoms with van der Waals surface area (Å²) in [6.45, 7) is 9.84. The Bertz CT molecular complexity index is 734. The van der Waals surface area contributed by atoms with Gasteiger partial charge in [0.05, 0.1) is 11.7 Å². The maximum atomic E-state index is 12.6. The average Bonchev–Trinajstić information content (AvgIpc) is 2.59. The number of ether oxygens (including phenoxy) is 1. The molecule has 1 spiro atoms. The van der Waals surface area contributed by atoms with Gasteiger partial charge >= 0.3 is 0 Å². The predicted octanol–water partition coefficient (Wildman–Crippen LogP) is 3.82. The summed E-state index contributed by atoms with van der Waals surface area (Å²) in [5.41, 5.74) is 2.27. The van der Waals surface area contributed by atoms with Gasteiger partial charge in [0, 0.05) is 36.2 Å². The number of rotatable bonds is 4. The van der Waals surface area contributed by atoms with Gasteiger partial charge < -0.3 is 14.7 Å². The molecule has 1 aromatic rings. The van der Waals surface area contributed by atoms with E-state index in [2.05, 4.69) is 18.0 Å². The molecule has 1 aliphatic heterocycles. The molecule has 0 atom stereocenters. The van der Waals surface area contributed by atoms with Crippen molar-refractivity contribution < 1.29 is 14.6 Å². The summed E-state index contributed by atoms with van der Waals surface area (Å²) >= 11 is 0. The molecule has 154 valence electrons. The van der Waals surface area contributed by atoms with Crippen LogP contribution in [0.15, 0.2) is 12.3 Å². The maximum absolute atomic E-state index is 12.6. The summed E-state index contributed by atoms with van der Waals surface area (Å²) in [6, 6.07) is 2.16. The minimum Gasteiger partial charge on any atom is -0.475 e. The first-order valence-electron chi connectivity index (χ1n) is 10.8. The van der Waals surface area contributed by atoms with E-state index in [1.165, 1.54) is 36.8 Å². The van der Waals surface area contributed by atoms with Gasteiger partial charge in [-0.3, -0.25) is 4.79 Å². The smallest absolute Gasteiger partial charge is 0.225 e. The van der Waals surface area contributed by atoms with E-state index < -0.39 is 5.60 Å². The molecular weight excluding hydrogens is 352 g/mol. The normalized spacial score (nSPS) is 29.5. The number of hydrogen-bond donors (Lipinski definition) is 1. The second-order valence-corrected chi connectivity index (χ2v) is 10.1. The minimum atomic E-state index is -0.624. The van der Waals surface area contributed by atoms with Crippen molar-refractivity contribution in [1.29, 1.82) is 0 Å². The monoisotopic (exact) mass is 386 g/mol. The fraction of sp³-hybridized carbons (Fsp3) is 0.739. The third-order valence-electron chi connectivity index (χ3n) is 7.12. The number of nitrogens with zero attached hydrogens (tertiary/aromatic N) is 2. The lowest BCUT2D eigenvalue weighted by Crippen LogP contribution is -2.62. The van der Waals surface area contributed by atoms with E-state index in [0.29, 0.717) is 24.2 Å². The van der Waals surface area contributed by atoms with Gasteiger partial charge in [-0.05, 0) is 83.8 Å². The van der Waals surface area contributed by atoms with Crippen molar-refractivity contribution in [3.8, 4) is 5.88 Å². The highest BCUT2D eigenvalue weighted by atomic mass is 16.5. The zero-order valence-electron chi connectivity index (χ0n) is 17.7. The molecule has 1 aromatic heterocycles. The van der Waals surface area contributed by atoms with Gasteiger partial charge in [-0.1, -0.05) is 0 Å². The predicted molar refractivity (Wildman–Crippen MR) is 108 cm³/mol. The van der Waals surface area contributed by atoms with Gasteiger partial charge in [0.25, 0.3) is 0 Å². The van der Waals surface area contributed by atoms with Crippen LogP contribution in [0.5, 0.6) is 5.88 Å². The molecule has 4 rings (SSSR count). The Hall–Kier alpha value is -1.62. The van der Waals surface area contributed by atoms with Crippen LogP contribution in [0.3, 0.4) is 0 Å². The van der Waals surface area contributed by atoms with Gasteiger partial charge in [0.2, 0.25) is 11.8 Å². The highest BCUT2D eigenvalue weighted by Crippen LogP contribution is 2.50. The summed E-state index contributed by atoms with van der Waals surface area (Å²) in [5, 5.41) is 9.89. The fourth-order valence-corrected chi connectivity index (χ4v) is 5.53. The van der Waals surface area contributed by atoms with Gasteiger partial charge in [-0.2, -0.15) is 0 Å². The second-order valence-electron chi connectivity index (χ2n) is 10.1. The molecule has 5 heteroatoms. The molecule has 1 N–H and O–H groups in total. The topological polar surface area (TPSA) is 62.7 Å². The number of likely N-dealkylation sites (tertiary alicyclic amines) is 1. The van der Waals surface area contributed by atoms with Gasteiger partial charge in [0.1, 0.15) is 0 Å². The number of carbonyl (C=O) groups excluding carboxylic acids is 1.